The molecule has 0 amide bonds. The van der Waals surface area contributed by atoms with Gasteiger partial charge in [-0.15, -0.1) is 0 Å². The zero-order chi connectivity index (χ0) is 26.9. The van der Waals surface area contributed by atoms with Gasteiger partial charge in [-0.05, 0) is 17.7 Å². The number of nitrogens with one attached hydrogen (secondary N) is 1. The molecule has 0 radical (unpaired) electrons. The summed E-state index contributed by atoms with van der Waals surface area (Å²) in [5.41, 5.74) is 4.16. The summed E-state index contributed by atoms with van der Waals surface area (Å²) in [4.78, 5) is 15.4. The van der Waals surface area contributed by atoms with Crippen molar-refractivity contribution in [1.29, 1.82) is 0 Å². The van der Waals surface area contributed by atoms with E-state index in [4.69, 9.17) is 32.7 Å². The van der Waals surface area contributed by atoms with E-state index in [1.165, 1.54) is 0 Å². The van der Waals surface area contributed by atoms with Crippen molar-refractivity contribution in [3.05, 3.63) is 112 Å². The Labute approximate surface area is 230 Å². The molecular weight excluding hydrogens is 527 g/mol. The molecule has 3 N–H and O–H groups in total. The molecule has 0 aliphatic heterocycles. The molecular formula is C29H26Cl2N2O5. The van der Waals surface area contributed by atoms with Crippen molar-refractivity contribution < 1.29 is 24.5 Å². The summed E-state index contributed by atoms with van der Waals surface area (Å²) in [5, 5.41) is 22.3. The van der Waals surface area contributed by atoms with Crippen molar-refractivity contribution >= 4 is 29.2 Å². The average Bonchev–Trinajstić information content (AvgIpc) is 2.93. The van der Waals surface area contributed by atoms with Gasteiger partial charge in [-0.3, -0.25) is 15.1 Å². The highest BCUT2D eigenvalue weighted by molar-refractivity contribution is 6.34. The predicted molar refractivity (Wildman–Crippen MR) is 147 cm³/mol. The van der Waals surface area contributed by atoms with Gasteiger partial charge in [0.25, 0.3) is 0 Å². The van der Waals surface area contributed by atoms with E-state index >= 15 is 0 Å². The zero-order valence-corrected chi connectivity index (χ0v) is 21.8. The minimum absolute atomic E-state index is 0.102. The second-order valence-corrected chi connectivity index (χ2v) is 9.21. The Balaban J connectivity index is 1.56. The van der Waals surface area contributed by atoms with Crippen LogP contribution in [-0.2, 0) is 24.6 Å². The number of hydrogen-bond acceptors (Lipinski definition) is 6. The Morgan fingerprint density at radius 1 is 0.921 bits per heavy atom. The quantitative estimate of drug-likeness (QED) is 0.206. The first-order chi connectivity index (χ1) is 18.5. The minimum Gasteiger partial charge on any atom is -0.488 e. The molecule has 0 aliphatic rings. The molecule has 38 heavy (non-hydrogen) atoms. The summed E-state index contributed by atoms with van der Waals surface area (Å²) in [7, 11) is 0. The van der Waals surface area contributed by atoms with Crippen LogP contribution in [0.4, 0.5) is 0 Å². The van der Waals surface area contributed by atoms with Crippen molar-refractivity contribution in [2.45, 2.75) is 25.8 Å². The molecule has 196 valence electrons. The third kappa shape index (κ3) is 7.02. The number of hydrogen-bond donors (Lipinski definition) is 3. The molecule has 0 bridgehead atoms. The highest BCUT2D eigenvalue weighted by Crippen LogP contribution is 2.36. The lowest BCUT2D eigenvalue weighted by Gasteiger charge is -2.18. The minimum atomic E-state index is -1.16. The van der Waals surface area contributed by atoms with Gasteiger partial charge in [0.2, 0.25) is 0 Å². The van der Waals surface area contributed by atoms with E-state index in [1.54, 1.807) is 24.5 Å². The molecule has 4 aromatic rings. The number of aliphatic hydroxyl groups is 1. The van der Waals surface area contributed by atoms with E-state index in [2.05, 4.69) is 10.3 Å². The lowest BCUT2D eigenvalue weighted by molar-refractivity contribution is -0.140. The van der Waals surface area contributed by atoms with E-state index in [9.17, 15) is 15.0 Å². The fraction of sp³-hybridized carbons (Fsp3) is 0.172. The number of pyridine rings is 1. The van der Waals surface area contributed by atoms with Crippen molar-refractivity contribution in [3.63, 3.8) is 0 Å². The molecule has 0 saturated heterocycles. The third-order valence-corrected chi connectivity index (χ3v) is 6.54. The van der Waals surface area contributed by atoms with Crippen LogP contribution in [0, 0.1) is 0 Å². The van der Waals surface area contributed by atoms with Gasteiger partial charge in [0.05, 0.1) is 16.7 Å². The number of benzene rings is 3. The number of aromatic nitrogens is 1. The van der Waals surface area contributed by atoms with Gasteiger partial charge in [0.15, 0.2) is 0 Å². The largest absolute Gasteiger partial charge is 0.488 e. The van der Waals surface area contributed by atoms with E-state index in [1.807, 2.05) is 60.7 Å². The van der Waals surface area contributed by atoms with Crippen LogP contribution in [0.15, 0.2) is 85.2 Å². The number of aliphatic hydroxyl groups excluding tert-OH is 1. The Bertz CT molecular complexity index is 1370. The molecule has 0 fully saturated rings. The Hall–Kier alpha value is -3.62. The van der Waals surface area contributed by atoms with Gasteiger partial charge in [-0.25, -0.2) is 0 Å². The van der Waals surface area contributed by atoms with Crippen molar-refractivity contribution in [2.24, 2.45) is 0 Å². The molecule has 1 heterocycles. The van der Waals surface area contributed by atoms with E-state index < -0.39 is 18.6 Å². The van der Waals surface area contributed by atoms with Gasteiger partial charge in [-0.2, -0.15) is 0 Å². The third-order valence-electron chi connectivity index (χ3n) is 5.80. The van der Waals surface area contributed by atoms with Crippen LogP contribution in [0.2, 0.25) is 10.0 Å². The van der Waals surface area contributed by atoms with Crippen LogP contribution in [0.1, 0.15) is 16.7 Å². The molecule has 7 nitrogen and oxygen atoms in total. The Morgan fingerprint density at radius 2 is 1.71 bits per heavy atom. The predicted octanol–water partition coefficient (Wildman–Crippen LogP) is 5.75. The van der Waals surface area contributed by atoms with Crippen LogP contribution >= 0.6 is 23.2 Å². The average molecular weight is 553 g/mol. The molecule has 9 heteroatoms. The monoisotopic (exact) mass is 552 g/mol. The van der Waals surface area contributed by atoms with E-state index in [0.717, 1.165) is 22.3 Å². The first kappa shape index (κ1) is 27.4. The molecule has 0 aliphatic carbocycles. The number of carboxylic acid groups (broad SMARTS) is 1. The van der Waals surface area contributed by atoms with Crippen molar-refractivity contribution in [2.75, 3.05) is 6.61 Å². The Morgan fingerprint density at radius 3 is 2.42 bits per heavy atom. The SMILES string of the molecule is O=C(O)[C@H](CO)NCc1cc(Cl)c(OCc2cccc(-c3ccccc3)c2Cl)cc1OCc1cccnc1. The van der Waals surface area contributed by atoms with Crippen LogP contribution in [0.3, 0.4) is 0 Å². The summed E-state index contributed by atoms with van der Waals surface area (Å²) < 4.78 is 12.1. The fourth-order valence-corrected chi connectivity index (χ4v) is 4.28. The first-order valence-electron chi connectivity index (χ1n) is 11.8. The first-order valence-corrected chi connectivity index (χ1v) is 12.6. The lowest BCUT2D eigenvalue weighted by atomic mass is 10.0. The number of ether oxygens (including phenoxy) is 2. The fourth-order valence-electron chi connectivity index (χ4n) is 3.75. The second-order valence-electron chi connectivity index (χ2n) is 8.43. The summed E-state index contributed by atoms with van der Waals surface area (Å²) in [5.74, 6) is -0.326. The van der Waals surface area contributed by atoms with Crippen LogP contribution in [0.5, 0.6) is 11.5 Å². The topological polar surface area (TPSA) is 101 Å². The molecule has 1 atom stereocenters. The molecule has 0 saturated carbocycles. The van der Waals surface area contributed by atoms with Gasteiger partial charge in [0, 0.05) is 47.3 Å². The number of aliphatic carboxylic acids is 1. The highest BCUT2D eigenvalue weighted by Gasteiger charge is 2.18. The van der Waals surface area contributed by atoms with Gasteiger partial charge in [-0.1, -0.05) is 77.8 Å². The van der Waals surface area contributed by atoms with Gasteiger partial charge < -0.3 is 19.7 Å². The maximum atomic E-state index is 11.3. The number of rotatable bonds is 12. The van der Waals surface area contributed by atoms with E-state index in [-0.39, 0.29) is 19.8 Å². The van der Waals surface area contributed by atoms with Gasteiger partial charge in [0.1, 0.15) is 30.8 Å². The smallest absolute Gasteiger partial charge is 0.323 e. The number of carboxylic acids is 1. The standard InChI is InChI=1S/C29H26Cl2N2O5/c30-24-12-22(15-33-25(16-34)29(35)36)26(37-17-19-6-5-11-32-14-19)13-27(24)38-18-21-9-4-10-23(28(21)31)20-7-2-1-3-8-20/h1-14,25,33-34H,15-18H2,(H,35,36)/t25-/m0/s1. The molecule has 4 rings (SSSR count). The number of halogens is 2. The van der Waals surface area contributed by atoms with E-state index in [0.29, 0.717) is 27.1 Å². The second kappa shape index (κ2) is 13.3. The molecule has 1 aromatic heterocycles. The summed E-state index contributed by atoms with van der Waals surface area (Å²) in [6.45, 7) is -0.0521. The maximum Gasteiger partial charge on any atom is 0.323 e. The van der Waals surface area contributed by atoms with Crippen LogP contribution in [-0.4, -0.2) is 33.8 Å². The lowest BCUT2D eigenvalue weighted by Crippen LogP contribution is -2.39. The zero-order valence-electron chi connectivity index (χ0n) is 20.3. The van der Waals surface area contributed by atoms with Crippen LogP contribution in [0.25, 0.3) is 11.1 Å². The Kier molecular flexibility index (Phi) is 9.56. The highest BCUT2D eigenvalue weighted by atomic mass is 35.5. The maximum absolute atomic E-state index is 11.3. The molecule has 0 spiro atoms. The van der Waals surface area contributed by atoms with Crippen LogP contribution < -0.4 is 14.8 Å². The van der Waals surface area contributed by atoms with Crippen molar-refractivity contribution in [1.82, 2.24) is 10.3 Å². The van der Waals surface area contributed by atoms with Crippen molar-refractivity contribution in [3.8, 4) is 22.6 Å². The van der Waals surface area contributed by atoms with Gasteiger partial charge >= 0.3 is 5.97 Å². The summed E-state index contributed by atoms with van der Waals surface area (Å²) in [6, 6.07) is 21.5. The number of carbonyl (C=O) groups is 1. The number of nitrogens with zero attached hydrogens (tertiary/aromatic N) is 1. The summed E-state index contributed by atoms with van der Waals surface area (Å²) in [6.07, 6.45) is 3.37. The summed E-state index contributed by atoms with van der Waals surface area (Å²) >= 11 is 13.3. The molecule has 0 unspecified atom stereocenters. The normalized spacial score (nSPS) is 11.7. The molecule has 3 aromatic carbocycles.